The van der Waals surface area contributed by atoms with E-state index in [-0.39, 0.29) is 11.5 Å². The number of aromatic nitrogens is 3. The minimum atomic E-state index is 0.0660. The van der Waals surface area contributed by atoms with E-state index in [1.54, 1.807) is 22.7 Å². The van der Waals surface area contributed by atoms with Crippen LogP contribution in [0.3, 0.4) is 0 Å². The normalized spacial score (nSPS) is 11.1. The highest BCUT2D eigenvalue weighted by Crippen LogP contribution is 2.38. The Balaban J connectivity index is 1.66. The molecule has 0 spiro atoms. The van der Waals surface area contributed by atoms with Crippen molar-refractivity contribution in [1.29, 1.82) is 0 Å². The largest absolute Gasteiger partial charge is 0.292 e. The number of thiophene rings is 3. The molecule has 0 N–H and O–H groups in total. The molecule has 4 aromatic heterocycles. The van der Waals surface area contributed by atoms with Crippen molar-refractivity contribution in [2.24, 2.45) is 0 Å². The van der Waals surface area contributed by atoms with Gasteiger partial charge in [0.05, 0.1) is 24.2 Å². The summed E-state index contributed by atoms with van der Waals surface area (Å²) in [6, 6.07) is 7.88. The lowest BCUT2D eigenvalue weighted by Gasteiger charge is -2.08. The summed E-state index contributed by atoms with van der Waals surface area (Å²) in [6.07, 6.45) is 0. The molecule has 0 saturated carbocycles. The van der Waals surface area contributed by atoms with Crippen LogP contribution in [0.2, 0.25) is 0 Å². The van der Waals surface area contributed by atoms with Gasteiger partial charge in [-0.15, -0.1) is 44.2 Å². The third-order valence-electron chi connectivity index (χ3n) is 4.00. The van der Waals surface area contributed by atoms with Crippen molar-refractivity contribution in [2.75, 3.05) is 5.75 Å². The molecule has 0 saturated heterocycles. The minimum absolute atomic E-state index is 0.0660. The molecular weight excluding hydrogens is 494 g/mol. The van der Waals surface area contributed by atoms with E-state index in [0.717, 1.165) is 40.9 Å². The van der Waals surface area contributed by atoms with E-state index in [2.05, 4.69) is 62.9 Å². The number of Topliss-reactive ketones (excluding diaryl/α,β-unsaturated/α-hetero) is 1. The van der Waals surface area contributed by atoms with E-state index < -0.39 is 0 Å². The molecule has 0 radical (unpaired) electrons. The van der Waals surface area contributed by atoms with Gasteiger partial charge in [-0.2, -0.15) is 0 Å². The monoisotopic (exact) mass is 507 g/mol. The molecule has 0 fully saturated rings. The number of carbonyl (C=O) groups is 1. The number of nitrogens with zero attached hydrogens (tertiary/aromatic N) is 3. The smallest absolute Gasteiger partial charge is 0.210 e. The second-order valence-corrected chi connectivity index (χ2v) is 11.2. The summed E-state index contributed by atoms with van der Waals surface area (Å²) in [5.41, 5.74) is 3.96. The SMILES string of the molecule is Cc1ccsc1-c1nnc(SCC(=O)c2ccc(Br)s2)nc1-c1sccc1C. The Hall–Kier alpha value is -1.39. The van der Waals surface area contributed by atoms with Crippen LogP contribution in [-0.2, 0) is 0 Å². The van der Waals surface area contributed by atoms with Crippen LogP contribution in [0.4, 0.5) is 0 Å². The highest BCUT2D eigenvalue weighted by molar-refractivity contribution is 9.11. The van der Waals surface area contributed by atoms with Crippen LogP contribution in [0, 0.1) is 13.8 Å². The molecule has 0 unspecified atom stereocenters. The fraction of sp³-hybridized carbons (Fsp3) is 0.158. The van der Waals surface area contributed by atoms with Crippen molar-refractivity contribution in [3.8, 4) is 21.1 Å². The highest BCUT2D eigenvalue weighted by atomic mass is 79.9. The van der Waals surface area contributed by atoms with Crippen LogP contribution in [0.15, 0.2) is 44.0 Å². The van der Waals surface area contributed by atoms with Crippen LogP contribution >= 0.6 is 61.7 Å². The molecule has 0 aromatic carbocycles. The van der Waals surface area contributed by atoms with E-state index >= 15 is 0 Å². The van der Waals surface area contributed by atoms with Gasteiger partial charge >= 0.3 is 0 Å². The summed E-state index contributed by atoms with van der Waals surface area (Å²) < 4.78 is 0.949. The average Bonchev–Trinajstić information content (AvgIpc) is 3.41. The van der Waals surface area contributed by atoms with E-state index in [9.17, 15) is 4.79 Å². The molecule has 4 nitrogen and oxygen atoms in total. The van der Waals surface area contributed by atoms with E-state index in [1.165, 1.54) is 23.1 Å². The lowest BCUT2D eigenvalue weighted by atomic mass is 10.1. The van der Waals surface area contributed by atoms with Gasteiger partial charge in [-0.05, 0) is 75.9 Å². The third kappa shape index (κ3) is 4.13. The topological polar surface area (TPSA) is 55.7 Å². The molecule has 9 heteroatoms. The number of ketones is 1. The summed E-state index contributed by atoms with van der Waals surface area (Å²) in [4.78, 5) is 20.1. The summed E-state index contributed by atoms with van der Waals surface area (Å²) >= 11 is 9.45. The molecule has 0 bridgehead atoms. The van der Waals surface area contributed by atoms with Gasteiger partial charge in [-0.3, -0.25) is 4.79 Å². The first-order valence-corrected chi connectivity index (χ1v) is 12.6. The summed E-state index contributed by atoms with van der Waals surface area (Å²) in [5.74, 6) is 0.353. The minimum Gasteiger partial charge on any atom is -0.292 e. The van der Waals surface area contributed by atoms with Gasteiger partial charge in [0.2, 0.25) is 5.16 Å². The van der Waals surface area contributed by atoms with Gasteiger partial charge in [0, 0.05) is 0 Å². The highest BCUT2D eigenvalue weighted by Gasteiger charge is 2.19. The van der Waals surface area contributed by atoms with Crippen molar-refractivity contribution in [2.45, 2.75) is 19.0 Å². The number of hydrogen-bond acceptors (Lipinski definition) is 8. The number of hydrogen-bond donors (Lipinski definition) is 0. The van der Waals surface area contributed by atoms with Gasteiger partial charge in [0.15, 0.2) is 5.78 Å². The van der Waals surface area contributed by atoms with Gasteiger partial charge in [0.1, 0.15) is 11.4 Å². The maximum Gasteiger partial charge on any atom is 0.210 e. The Bertz CT molecular complexity index is 1150. The number of carbonyl (C=O) groups excluding carboxylic acids is 1. The standard InChI is InChI=1S/C19H14BrN3OS4/c1-10-5-7-25-17(10)15-16(18-11(2)6-8-26-18)22-23-19(21-15)27-9-12(24)13-3-4-14(20)28-13/h3-8H,9H2,1-2H3. The van der Waals surface area contributed by atoms with Crippen LogP contribution in [0.1, 0.15) is 20.8 Å². The summed E-state index contributed by atoms with van der Waals surface area (Å²) in [7, 11) is 0. The third-order valence-corrected chi connectivity index (χ3v) is 8.55. The predicted octanol–water partition coefficient (Wildman–Crippen LogP) is 6.74. The molecule has 4 aromatic rings. The van der Waals surface area contributed by atoms with Gasteiger partial charge < -0.3 is 0 Å². The molecule has 4 rings (SSSR count). The van der Waals surface area contributed by atoms with Crippen LogP contribution in [0.25, 0.3) is 21.1 Å². The number of halogens is 1. The molecule has 142 valence electrons. The zero-order valence-corrected chi connectivity index (χ0v) is 19.8. The Morgan fingerprint density at radius 3 is 2.25 bits per heavy atom. The zero-order valence-electron chi connectivity index (χ0n) is 14.9. The zero-order chi connectivity index (χ0) is 19.7. The van der Waals surface area contributed by atoms with Crippen molar-refractivity contribution in [3.05, 3.63) is 54.8 Å². The van der Waals surface area contributed by atoms with E-state index in [0.29, 0.717) is 5.16 Å². The Morgan fingerprint density at radius 2 is 1.68 bits per heavy atom. The maximum atomic E-state index is 12.4. The summed E-state index contributed by atoms with van der Waals surface area (Å²) in [5, 5.41) is 13.4. The van der Waals surface area contributed by atoms with Crippen molar-refractivity contribution >= 4 is 67.5 Å². The molecule has 0 aliphatic rings. The van der Waals surface area contributed by atoms with Gasteiger partial charge in [0.25, 0.3) is 0 Å². The van der Waals surface area contributed by atoms with Gasteiger partial charge in [-0.25, -0.2) is 4.98 Å². The average molecular weight is 509 g/mol. The molecule has 4 heterocycles. The molecule has 0 atom stereocenters. The van der Waals surface area contributed by atoms with Crippen LogP contribution < -0.4 is 0 Å². The van der Waals surface area contributed by atoms with E-state index in [4.69, 9.17) is 4.98 Å². The number of rotatable bonds is 6. The van der Waals surface area contributed by atoms with Crippen molar-refractivity contribution in [3.63, 3.8) is 0 Å². The molecule has 0 amide bonds. The quantitative estimate of drug-likeness (QED) is 0.213. The first-order valence-electron chi connectivity index (χ1n) is 8.28. The Kier molecular flexibility index (Phi) is 6.07. The van der Waals surface area contributed by atoms with Crippen LogP contribution in [0.5, 0.6) is 0 Å². The second-order valence-electron chi connectivity index (χ2n) is 5.97. The summed E-state index contributed by atoms with van der Waals surface area (Å²) in [6.45, 7) is 4.14. The molecular formula is C19H14BrN3OS4. The second kappa shape index (κ2) is 8.54. The van der Waals surface area contributed by atoms with Crippen molar-refractivity contribution < 1.29 is 4.79 Å². The predicted molar refractivity (Wildman–Crippen MR) is 123 cm³/mol. The molecule has 28 heavy (non-hydrogen) atoms. The van der Waals surface area contributed by atoms with E-state index in [1.807, 2.05) is 12.1 Å². The lowest BCUT2D eigenvalue weighted by Crippen LogP contribution is -2.03. The van der Waals surface area contributed by atoms with Gasteiger partial charge in [-0.1, -0.05) is 11.8 Å². The number of thioether (sulfide) groups is 1. The molecule has 0 aliphatic heterocycles. The van der Waals surface area contributed by atoms with Crippen molar-refractivity contribution in [1.82, 2.24) is 15.2 Å². The van der Waals surface area contributed by atoms with Crippen LogP contribution in [-0.4, -0.2) is 26.7 Å². The first kappa shape index (κ1) is 19.9. The fourth-order valence-electron chi connectivity index (χ4n) is 2.58. The number of aryl methyl sites for hydroxylation is 2. The fourth-order valence-corrected chi connectivity index (χ4v) is 6.49. The lowest BCUT2D eigenvalue weighted by molar-refractivity contribution is 0.102. The first-order chi connectivity index (χ1) is 13.5. The molecule has 0 aliphatic carbocycles. The Labute approximate surface area is 187 Å². The Morgan fingerprint density at radius 1 is 1.00 bits per heavy atom. The maximum absolute atomic E-state index is 12.4.